The van der Waals surface area contributed by atoms with E-state index in [1.807, 2.05) is 54.5 Å². The highest BCUT2D eigenvalue weighted by Gasteiger charge is 2.23. The first-order valence-corrected chi connectivity index (χ1v) is 8.89. The van der Waals surface area contributed by atoms with Crippen molar-refractivity contribution in [2.75, 3.05) is 31.1 Å². The summed E-state index contributed by atoms with van der Waals surface area (Å²) in [4.78, 5) is 20.8. The van der Waals surface area contributed by atoms with E-state index < -0.39 is 0 Å². The van der Waals surface area contributed by atoms with Crippen molar-refractivity contribution in [3.8, 4) is 0 Å². The number of nitrogens with zero attached hydrogens (tertiary/aromatic N) is 3. The van der Waals surface area contributed by atoms with Crippen molar-refractivity contribution in [2.45, 2.75) is 19.9 Å². The number of amides is 2. The van der Waals surface area contributed by atoms with Crippen molar-refractivity contribution < 1.29 is 4.79 Å². The molecule has 25 heavy (non-hydrogen) atoms. The zero-order valence-electron chi connectivity index (χ0n) is 14.6. The van der Waals surface area contributed by atoms with Gasteiger partial charge >= 0.3 is 6.03 Å². The quantitative estimate of drug-likeness (QED) is 0.911. The number of rotatable bonds is 3. The summed E-state index contributed by atoms with van der Waals surface area (Å²) >= 11 is 5.91. The molecule has 2 aromatic rings. The summed E-state index contributed by atoms with van der Waals surface area (Å²) in [5.41, 5.74) is 3.41. The van der Waals surface area contributed by atoms with Crippen LogP contribution in [0.2, 0.25) is 5.02 Å². The Bertz CT molecular complexity index is 726. The summed E-state index contributed by atoms with van der Waals surface area (Å²) in [5.74, 6) is 0. The number of halogens is 1. The minimum absolute atomic E-state index is 0.0199. The molecule has 1 aliphatic rings. The highest BCUT2D eigenvalue weighted by atomic mass is 35.5. The predicted molar refractivity (Wildman–Crippen MR) is 101 cm³/mol. The Kier molecular flexibility index (Phi) is 5.43. The lowest BCUT2D eigenvalue weighted by molar-refractivity contribution is 0.191. The maximum absolute atomic E-state index is 12.5. The zero-order valence-corrected chi connectivity index (χ0v) is 15.3. The standard InChI is InChI=1S/C19H23ClN4O/c1-14-13-21-8-7-18(14)23-9-11-24(12-10-23)19(25)22-15(2)16-3-5-17(20)6-4-16/h3-8,13,15H,9-12H2,1-2H3,(H,22,25)/t15-/m0/s1. The second kappa shape index (κ2) is 7.74. The third-order valence-electron chi connectivity index (χ3n) is 4.61. The number of piperazine rings is 1. The fraction of sp³-hybridized carbons (Fsp3) is 0.368. The van der Waals surface area contributed by atoms with Gasteiger partial charge in [0.1, 0.15) is 0 Å². The van der Waals surface area contributed by atoms with Gasteiger partial charge in [0.15, 0.2) is 0 Å². The number of urea groups is 1. The van der Waals surface area contributed by atoms with E-state index in [9.17, 15) is 4.79 Å². The Morgan fingerprint density at radius 1 is 1.16 bits per heavy atom. The number of anilines is 1. The molecule has 132 valence electrons. The normalized spacial score (nSPS) is 15.8. The van der Waals surface area contributed by atoms with Gasteiger partial charge in [-0.05, 0) is 43.2 Å². The van der Waals surface area contributed by atoms with E-state index in [0.29, 0.717) is 18.1 Å². The van der Waals surface area contributed by atoms with Crippen molar-refractivity contribution in [1.82, 2.24) is 15.2 Å². The van der Waals surface area contributed by atoms with E-state index in [4.69, 9.17) is 11.6 Å². The molecule has 1 N–H and O–H groups in total. The lowest BCUT2D eigenvalue weighted by atomic mass is 10.1. The second-order valence-electron chi connectivity index (χ2n) is 6.36. The van der Waals surface area contributed by atoms with Gasteiger partial charge in [0.25, 0.3) is 0 Å². The van der Waals surface area contributed by atoms with Crippen LogP contribution >= 0.6 is 11.6 Å². The number of carbonyl (C=O) groups excluding carboxylic acids is 1. The monoisotopic (exact) mass is 358 g/mol. The third kappa shape index (κ3) is 4.23. The van der Waals surface area contributed by atoms with Crippen molar-refractivity contribution in [3.05, 3.63) is 58.9 Å². The summed E-state index contributed by atoms with van der Waals surface area (Å²) in [6.45, 7) is 7.12. The fourth-order valence-corrected chi connectivity index (χ4v) is 3.21. The maximum Gasteiger partial charge on any atom is 0.317 e. The van der Waals surface area contributed by atoms with Gasteiger partial charge in [-0.25, -0.2) is 4.79 Å². The van der Waals surface area contributed by atoms with Crippen LogP contribution in [-0.4, -0.2) is 42.1 Å². The molecule has 3 rings (SSSR count). The largest absolute Gasteiger partial charge is 0.368 e. The van der Waals surface area contributed by atoms with E-state index in [-0.39, 0.29) is 12.1 Å². The molecule has 1 atom stereocenters. The van der Waals surface area contributed by atoms with Gasteiger partial charge in [-0.3, -0.25) is 4.98 Å². The van der Waals surface area contributed by atoms with Crippen LogP contribution in [0.15, 0.2) is 42.7 Å². The first-order valence-electron chi connectivity index (χ1n) is 8.51. The highest BCUT2D eigenvalue weighted by molar-refractivity contribution is 6.30. The second-order valence-corrected chi connectivity index (χ2v) is 6.80. The van der Waals surface area contributed by atoms with Crippen molar-refractivity contribution in [1.29, 1.82) is 0 Å². The average molecular weight is 359 g/mol. The lowest BCUT2D eigenvalue weighted by Gasteiger charge is -2.37. The third-order valence-corrected chi connectivity index (χ3v) is 4.86. The topological polar surface area (TPSA) is 48.5 Å². The Labute approximate surface area is 153 Å². The molecule has 0 aliphatic carbocycles. The molecule has 2 heterocycles. The lowest BCUT2D eigenvalue weighted by Crippen LogP contribution is -2.52. The number of nitrogens with one attached hydrogen (secondary N) is 1. The van der Waals surface area contributed by atoms with Crippen LogP contribution < -0.4 is 10.2 Å². The average Bonchev–Trinajstić information content (AvgIpc) is 2.63. The summed E-state index contributed by atoms with van der Waals surface area (Å²) in [6, 6.07) is 9.53. The summed E-state index contributed by atoms with van der Waals surface area (Å²) in [6.07, 6.45) is 3.69. The van der Waals surface area contributed by atoms with Crippen molar-refractivity contribution >= 4 is 23.3 Å². The fourth-order valence-electron chi connectivity index (χ4n) is 3.08. The molecule has 0 bridgehead atoms. The summed E-state index contributed by atoms with van der Waals surface area (Å²) in [5, 5.41) is 3.77. The minimum atomic E-state index is -0.0507. The number of pyridine rings is 1. The van der Waals surface area contributed by atoms with Crippen LogP contribution in [0.1, 0.15) is 24.1 Å². The molecule has 0 saturated carbocycles. The molecule has 1 fully saturated rings. The van der Waals surface area contributed by atoms with Crippen LogP contribution in [0.25, 0.3) is 0 Å². The summed E-state index contributed by atoms with van der Waals surface area (Å²) < 4.78 is 0. The number of hydrogen-bond acceptors (Lipinski definition) is 3. The molecule has 0 spiro atoms. The van der Waals surface area contributed by atoms with Crippen LogP contribution in [0.3, 0.4) is 0 Å². The van der Waals surface area contributed by atoms with Crippen LogP contribution in [0.4, 0.5) is 10.5 Å². The molecule has 1 aromatic heterocycles. The number of hydrogen-bond donors (Lipinski definition) is 1. The number of carbonyl (C=O) groups is 1. The zero-order chi connectivity index (χ0) is 17.8. The van der Waals surface area contributed by atoms with Gasteiger partial charge in [0.05, 0.1) is 6.04 Å². The first-order chi connectivity index (χ1) is 12.0. The van der Waals surface area contributed by atoms with E-state index in [1.54, 1.807) is 0 Å². The molecule has 5 nitrogen and oxygen atoms in total. The molecule has 0 radical (unpaired) electrons. The molecule has 0 unspecified atom stereocenters. The molecule has 1 saturated heterocycles. The first kappa shape index (κ1) is 17.5. The van der Waals surface area contributed by atoms with E-state index in [2.05, 4.69) is 22.1 Å². The van der Waals surface area contributed by atoms with Crippen LogP contribution in [-0.2, 0) is 0 Å². The van der Waals surface area contributed by atoms with Gasteiger partial charge in [0, 0.05) is 49.3 Å². The Hall–Kier alpha value is -2.27. The number of aromatic nitrogens is 1. The maximum atomic E-state index is 12.5. The van der Waals surface area contributed by atoms with Gasteiger partial charge in [0.2, 0.25) is 0 Å². The number of benzene rings is 1. The van der Waals surface area contributed by atoms with Crippen molar-refractivity contribution in [3.63, 3.8) is 0 Å². The molecular formula is C19H23ClN4O. The van der Waals surface area contributed by atoms with Gasteiger partial charge < -0.3 is 15.1 Å². The number of aryl methyl sites for hydroxylation is 1. The van der Waals surface area contributed by atoms with Crippen LogP contribution in [0, 0.1) is 6.92 Å². The van der Waals surface area contributed by atoms with E-state index >= 15 is 0 Å². The van der Waals surface area contributed by atoms with Gasteiger partial charge in [-0.2, -0.15) is 0 Å². The SMILES string of the molecule is Cc1cnccc1N1CCN(C(=O)N[C@@H](C)c2ccc(Cl)cc2)CC1. The minimum Gasteiger partial charge on any atom is -0.368 e. The molecule has 1 aromatic carbocycles. The van der Waals surface area contributed by atoms with E-state index in [1.165, 1.54) is 5.69 Å². The molecule has 6 heteroatoms. The Balaban J connectivity index is 1.55. The molecular weight excluding hydrogens is 336 g/mol. The Morgan fingerprint density at radius 3 is 2.48 bits per heavy atom. The smallest absolute Gasteiger partial charge is 0.317 e. The predicted octanol–water partition coefficient (Wildman–Crippen LogP) is 3.64. The van der Waals surface area contributed by atoms with Gasteiger partial charge in [-0.15, -0.1) is 0 Å². The summed E-state index contributed by atoms with van der Waals surface area (Å²) in [7, 11) is 0. The van der Waals surface area contributed by atoms with E-state index in [0.717, 1.165) is 24.2 Å². The molecule has 1 aliphatic heterocycles. The molecule has 2 amide bonds. The van der Waals surface area contributed by atoms with Crippen molar-refractivity contribution in [2.24, 2.45) is 0 Å². The Morgan fingerprint density at radius 2 is 1.84 bits per heavy atom. The highest BCUT2D eigenvalue weighted by Crippen LogP contribution is 2.20. The van der Waals surface area contributed by atoms with Gasteiger partial charge in [-0.1, -0.05) is 23.7 Å². The van der Waals surface area contributed by atoms with Crippen LogP contribution in [0.5, 0.6) is 0 Å².